The SMILES string of the molecule is O=C(NCc1ccco1)C1CCCN(S(=O)(=O)N2CCCCC2)C1. The van der Waals surface area contributed by atoms with E-state index in [1.807, 2.05) is 0 Å². The lowest BCUT2D eigenvalue weighted by Gasteiger charge is -2.36. The van der Waals surface area contributed by atoms with Gasteiger partial charge in [-0.2, -0.15) is 17.0 Å². The molecule has 3 heterocycles. The van der Waals surface area contributed by atoms with Crippen LogP contribution in [0, 0.1) is 5.92 Å². The Balaban J connectivity index is 1.57. The predicted octanol–water partition coefficient (Wildman–Crippen LogP) is 1.34. The Morgan fingerprint density at radius 3 is 2.62 bits per heavy atom. The number of hydrogen-bond donors (Lipinski definition) is 1. The Morgan fingerprint density at radius 2 is 1.92 bits per heavy atom. The third-order valence-corrected chi connectivity index (χ3v) is 6.74. The quantitative estimate of drug-likeness (QED) is 0.864. The van der Waals surface area contributed by atoms with Crippen LogP contribution in [0.5, 0.6) is 0 Å². The Labute approximate surface area is 143 Å². The van der Waals surface area contributed by atoms with E-state index in [1.54, 1.807) is 22.7 Å². The van der Waals surface area contributed by atoms with Crippen LogP contribution in [0.1, 0.15) is 37.9 Å². The van der Waals surface area contributed by atoms with Crippen LogP contribution in [0.25, 0.3) is 0 Å². The van der Waals surface area contributed by atoms with Crippen molar-refractivity contribution in [3.8, 4) is 0 Å². The minimum atomic E-state index is -3.44. The highest BCUT2D eigenvalue weighted by Gasteiger charge is 2.36. The lowest BCUT2D eigenvalue weighted by atomic mass is 9.99. The van der Waals surface area contributed by atoms with Crippen molar-refractivity contribution in [1.29, 1.82) is 0 Å². The number of rotatable bonds is 5. The number of nitrogens with zero attached hydrogens (tertiary/aromatic N) is 2. The summed E-state index contributed by atoms with van der Waals surface area (Å²) in [6.07, 6.45) is 5.92. The fraction of sp³-hybridized carbons (Fsp3) is 0.688. The zero-order valence-electron chi connectivity index (χ0n) is 13.8. The van der Waals surface area contributed by atoms with Gasteiger partial charge in [0.1, 0.15) is 5.76 Å². The molecule has 8 heteroatoms. The average Bonchev–Trinajstić information content (AvgIpc) is 3.14. The zero-order chi connectivity index (χ0) is 17.0. The van der Waals surface area contributed by atoms with E-state index in [4.69, 9.17) is 4.42 Å². The first kappa shape index (κ1) is 17.4. The van der Waals surface area contributed by atoms with Gasteiger partial charge in [0.25, 0.3) is 10.2 Å². The largest absolute Gasteiger partial charge is 0.467 e. The van der Waals surface area contributed by atoms with Crippen molar-refractivity contribution < 1.29 is 17.6 Å². The fourth-order valence-electron chi connectivity index (χ4n) is 3.36. The Kier molecular flexibility index (Phi) is 5.57. The van der Waals surface area contributed by atoms with Gasteiger partial charge in [-0.25, -0.2) is 0 Å². The number of piperidine rings is 2. The standard InChI is InChI=1S/C16H25N3O4S/c20-16(17-12-15-7-5-11-23-15)14-6-4-10-19(13-14)24(21,22)18-8-2-1-3-9-18/h5,7,11,14H,1-4,6,8-10,12-13H2,(H,17,20). The number of carbonyl (C=O) groups excluding carboxylic acids is 1. The van der Waals surface area contributed by atoms with E-state index < -0.39 is 10.2 Å². The summed E-state index contributed by atoms with van der Waals surface area (Å²) in [5.41, 5.74) is 0. The van der Waals surface area contributed by atoms with Gasteiger partial charge in [0.15, 0.2) is 0 Å². The van der Waals surface area contributed by atoms with E-state index >= 15 is 0 Å². The van der Waals surface area contributed by atoms with E-state index in [2.05, 4.69) is 5.32 Å². The lowest BCUT2D eigenvalue weighted by Crippen LogP contribution is -2.51. The van der Waals surface area contributed by atoms with E-state index in [0.717, 1.165) is 25.7 Å². The van der Waals surface area contributed by atoms with Crippen LogP contribution in [0.3, 0.4) is 0 Å². The normalized spacial score (nSPS) is 23.9. The van der Waals surface area contributed by atoms with Crippen LogP contribution in [0.2, 0.25) is 0 Å². The Morgan fingerprint density at radius 1 is 1.17 bits per heavy atom. The summed E-state index contributed by atoms with van der Waals surface area (Å²) in [5.74, 6) is 0.287. The Bertz CT molecular complexity index is 638. The van der Waals surface area contributed by atoms with Crippen molar-refractivity contribution >= 4 is 16.1 Å². The topological polar surface area (TPSA) is 82.9 Å². The van der Waals surface area contributed by atoms with Gasteiger partial charge >= 0.3 is 0 Å². The second-order valence-corrected chi connectivity index (χ2v) is 8.39. The monoisotopic (exact) mass is 355 g/mol. The van der Waals surface area contributed by atoms with Gasteiger partial charge in [0.05, 0.1) is 18.7 Å². The lowest BCUT2D eigenvalue weighted by molar-refractivity contribution is -0.126. The maximum Gasteiger partial charge on any atom is 0.281 e. The minimum Gasteiger partial charge on any atom is -0.467 e. The van der Waals surface area contributed by atoms with Gasteiger partial charge in [-0.3, -0.25) is 4.79 Å². The van der Waals surface area contributed by atoms with Crippen LogP contribution in [-0.4, -0.2) is 49.1 Å². The number of carbonyl (C=O) groups is 1. The number of nitrogens with one attached hydrogen (secondary N) is 1. The van der Waals surface area contributed by atoms with Gasteiger partial charge in [0.2, 0.25) is 5.91 Å². The fourth-order valence-corrected chi connectivity index (χ4v) is 5.13. The van der Waals surface area contributed by atoms with Crippen LogP contribution in [0.4, 0.5) is 0 Å². The molecule has 0 spiro atoms. The molecule has 1 aromatic heterocycles. The predicted molar refractivity (Wildman–Crippen MR) is 89.2 cm³/mol. The van der Waals surface area contributed by atoms with Crippen LogP contribution in [-0.2, 0) is 21.5 Å². The van der Waals surface area contributed by atoms with Crippen molar-refractivity contribution in [2.75, 3.05) is 26.2 Å². The smallest absolute Gasteiger partial charge is 0.281 e. The summed E-state index contributed by atoms with van der Waals surface area (Å²) in [6, 6.07) is 3.57. The Hall–Kier alpha value is -1.38. The van der Waals surface area contributed by atoms with E-state index in [9.17, 15) is 13.2 Å². The van der Waals surface area contributed by atoms with Gasteiger partial charge in [-0.15, -0.1) is 0 Å². The molecule has 0 radical (unpaired) electrons. The van der Waals surface area contributed by atoms with Gasteiger partial charge in [0, 0.05) is 26.2 Å². The first-order chi connectivity index (χ1) is 11.6. The van der Waals surface area contributed by atoms with Crippen molar-refractivity contribution in [2.45, 2.75) is 38.6 Å². The highest BCUT2D eigenvalue weighted by atomic mass is 32.2. The molecule has 1 amide bonds. The molecular formula is C16H25N3O4S. The first-order valence-electron chi connectivity index (χ1n) is 8.62. The van der Waals surface area contributed by atoms with Crippen molar-refractivity contribution in [3.05, 3.63) is 24.2 Å². The average molecular weight is 355 g/mol. The molecule has 0 aromatic carbocycles. The molecule has 1 atom stereocenters. The maximum absolute atomic E-state index is 12.8. The molecule has 0 saturated carbocycles. The molecule has 3 rings (SSSR count). The molecule has 134 valence electrons. The highest BCUT2D eigenvalue weighted by molar-refractivity contribution is 7.86. The summed E-state index contributed by atoms with van der Waals surface area (Å²) >= 11 is 0. The molecule has 2 aliphatic heterocycles. The van der Waals surface area contributed by atoms with Gasteiger partial charge in [-0.1, -0.05) is 6.42 Å². The summed E-state index contributed by atoms with van der Waals surface area (Å²) in [4.78, 5) is 12.4. The molecule has 2 saturated heterocycles. The molecule has 24 heavy (non-hydrogen) atoms. The summed E-state index contributed by atoms with van der Waals surface area (Å²) in [5, 5.41) is 2.84. The highest BCUT2D eigenvalue weighted by Crippen LogP contribution is 2.23. The maximum atomic E-state index is 12.8. The van der Waals surface area contributed by atoms with Crippen LogP contribution in [0.15, 0.2) is 22.8 Å². The van der Waals surface area contributed by atoms with Crippen molar-refractivity contribution in [3.63, 3.8) is 0 Å². The van der Waals surface area contributed by atoms with Crippen molar-refractivity contribution in [2.24, 2.45) is 5.92 Å². The number of hydrogen-bond acceptors (Lipinski definition) is 4. The molecular weight excluding hydrogens is 330 g/mol. The van der Waals surface area contributed by atoms with E-state index in [0.29, 0.717) is 38.4 Å². The van der Waals surface area contributed by atoms with E-state index in [-0.39, 0.29) is 18.4 Å². The van der Waals surface area contributed by atoms with Crippen molar-refractivity contribution in [1.82, 2.24) is 13.9 Å². The number of furan rings is 1. The number of amides is 1. The minimum absolute atomic E-state index is 0.107. The second kappa shape index (κ2) is 7.67. The molecule has 2 aliphatic rings. The molecule has 2 fully saturated rings. The second-order valence-electron chi connectivity index (χ2n) is 6.46. The third kappa shape index (κ3) is 3.99. The molecule has 1 aromatic rings. The van der Waals surface area contributed by atoms with Gasteiger partial charge < -0.3 is 9.73 Å². The third-order valence-electron chi connectivity index (χ3n) is 4.74. The van der Waals surface area contributed by atoms with Crippen LogP contribution >= 0.6 is 0 Å². The van der Waals surface area contributed by atoms with Crippen LogP contribution < -0.4 is 5.32 Å². The molecule has 1 unspecified atom stereocenters. The summed E-state index contributed by atoms with van der Waals surface area (Å²) in [7, 11) is -3.44. The molecule has 0 aliphatic carbocycles. The first-order valence-corrected chi connectivity index (χ1v) is 10.0. The molecule has 0 bridgehead atoms. The molecule has 1 N–H and O–H groups in total. The van der Waals surface area contributed by atoms with E-state index in [1.165, 1.54) is 4.31 Å². The summed E-state index contributed by atoms with van der Waals surface area (Å²) in [6.45, 7) is 2.28. The van der Waals surface area contributed by atoms with Gasteiger partial charge in [-0.05, 0) is 37.8 Å². The zero-order valence-corrected chi connectivity index (χ0v) is 14.6. The summed E-state index contributed by atoms with van der Waals surface area (Å²) < 4.78 is 33.8. The molecule has 7 nitrogen and oxygen atoms in total.